The van der Waals surface area contributed by atoms with Crippen molar-refractivity contribution in [2.75, 3.05) is 32.8 Å². The van der Waals surface area contributed by atoms with Crippen LogP contribution in [-0.4, -0.2) is 53.3 Å². The SMILES string of the molecule is CCNC(=NCc1ccccc1-n1ccnc1)N1CCC2(CCOC2)C1. The van der Waals surface area contributed by atoms with E-state index in [2.05, 4.69) is 46.4 Å². The van der Waals surface area contributed by atoms with Crippen molar-refractivity contribution in [1.82, 2.24) is 19.8 Å². The minimum Gasteiger partial charge on any atom is -0.381 e. The van der Waals surface area contributed by atoms with Crippen LogP contribution in [0.5, 0.6) is 0 Å². The van der Waals surface area contributed by atoms with E-state index in [1.165, 1.54) is 18.4 Å². The van der Waals surface area contributed by atoms with Gasteiger partial charge in [0.15, 0.2) is 5.96 Å². The van der Waals surface area contributed by atoms with E-state index in [-0.39, 0.29) is 0 Å². The second-order valence-electron chi connectivity index (χ2n) is 7.24. The average molecular weight is 353 g/mol. The summed E-state index contributed by atoms with van der Waals surface area (Å²) in [6, 6.07) is 8.37. The molecular formula is C20H27N5O. The topological polar surface area (TPSA) is 54.7 Å². The third-order valence-corrected chi connectivity index (χ3v) is 5.43. The Morgan fingerprint density at radius 1 is 1.35 bits per heavy atom. The molecule has 0 bridgehead atoms. The number of rotatable bonds is 4. The number of benzene rings is 1. The molecule has 0 amide bonds. The Kier molecular flexibility index (Phi) is 4.93. The van der Waals surface area contributed by atoms with E-state index in [4.69, 9.17) is 9.73 Å². The number of para-hydroxylation sites is 1. The van der Waals surface area contributed by atoms with Crippen molar-refractivity contribution in [3.8, 4) is 5.69 Å². The van der Waals surface area contributed by atoms with Gasteiger partial charge in [0.25, 0.3) is 0 Å². The van der Waals surface area contributed by atoms with Crippen molar-refractivity contribution in [3.05, 3.63) is 48.5 Å². The van der Waals surface area contributed by atoms with Crippen LogP contribution in [0.1, 0.15) is 25.3 Å². The number of aliphatic imine (C=N–C) groups is 1. The Bertz CT molecular complexity index is 749. The van der Waals surface area contributed by atoms with E-state index >= 15 is 0 Å². The lowest BCUT2D eigenvalue weighted by molar-refractivity contribution is 0.156. The molecule has 2 aromatic rings. The number of hydrogen-bond donors (Lipinski definition) is 1. The quantitative estimate of drug-likeness (QED) is 0.678. The van der Waals surface area contributed by atoms with Crippen molar-refractivity contribution in [1.29, 1.82) is 0 Å². The minimum absolute atomic E-state index is 0.338. The Morgan fingerprint density at radius 3 is 3.04 bits per heavy atom. The smallest absolute Gasteiger partial charge is 0.194 e. The van der Waals surface area contributed by atoms with Crippen molar-refractivity contribution in [3.63, 3.8) is 0 Å². The van der Waals surface area contributed by atoms with E-state index in [1.54, 1.807) is 6.20 Å². The first-order valence-electron chi connectivity index (χ1n) is 9.47. The van der Waals surface area contributed by atoms with Crippen LogP contribution in [0.2, 0.25) is 0 Å². The predicted octanol–water partition coefficient (Wildman–Crippen LogP) is 2.45. The summed E-state index contributed by atoms with van der Waals surface area (Å²) in [5, 5.41) is 3.47. The van der Waals surface area contributed by atoms with Crippen molar-refractivity contribution in [2.45, 2.75) is 26.3 Å². The first kappa shape index (κ1) is 17.1. The van der Waals surface area contributed by atoms with E-state index in [9.17, 15) is 0 Å². The van der Waals surface area contributed by atoms with Crippen molar-refractivity contribution in [2.24, 2.45) is 10.4 Å². The van der Waals surface area contributed by atoms with Gasteiger partial charge in [-0.25, -0.2) is 9.98 Å². The highest BCUT2D eigenvalue weighted by Gasteiger charge is 2.42. The Morgan fingerprint density at radius 2 is 2.27 bits per heavy atom. The molecule has 0 saturated carbocycles. The highest BCUT2D eigenvalue weighted by atomic mass is 16.5. The molecule has 1 atom stereocenters. The normalized spacial score (nSPS) is 23.1. The maximum absolute atomic E-state index is 5.66. The zero-order valence-corrected chi connectivity index (χ0v) is 15.4. The number of likely N-dealkylation sites (tertiary alicyclic amines) is 1. The van der Waals surface area contributed by atoms with E-state index in [1.807, 2.05) is 17.1 Å². The molecule has 26 heavy (non-hydrogen) atoms. The number of guanidine groups is 1. The number of aromatic nitrogens is 2. The van der Waals surface area contributed by atoms with Crippen LogP contribution in [-0.2, 0) is 11.3 Å². The van der Waals surface area contributed by atoms with E-state index in [0.717, 1.165) is 44.5 Å². The van der Waals surface area contributed by atoms with E-state index in [0.29, 0.717) is 12.0 Å². The van der Waals surface area contributed by atoms with Gasteiger partial charge in [-0.05, 0) is 31.4 Å². The molecule has 2 aliphatic rings. The molecule has 4 rings (SSSR count). The summed E-state index contributed by atoms with van der Waals surface area (Å²) < 4.78 is 7.70. The third-order valence-electron chi connectivity index (χ3n) is 5.43. The lowest BCUT2D eigenvalue weighted by Gasteiger charge is -2.25. The first-order chi connectivity index (χ1) is 12.8. The van der Waals surface area contributed by atoms with Crippen LogP contribution in [0.15, 0.2) is 48.0 Å². The molecule has 6 heteroatoms. The highest BCUT2D eigenvalue weighted by Crippen LogP contribution is 2.38. The Balaban J connectivity index is 1.52. The summed E-state index contributed by atoms with van der Waals surface area (Å²) in [4.78, 5) is 11.5. The molecule has 138 valence electrons. The molecule has 0 radical (unpaired) electrons. The second kappa shape index (κ2) is 7.50. The maximum Gasteiger partial charge on any atom is 0.194 e. The highest BCUT2D eigenvalue weighted by molar-refractivity contribution is 5.80. The van der Waals surface area contributed by atoms with Crippen molar-refractivity contribution >= 4 is 5.96 Å². The van der Waals surface area contributed by atoms with Gasteiger partial charge in [-0.3, -0.25) is 0 Å². The monoisotopic (exact) mass is 353 g/mol. The zero-order chi connectivity index (χ0) is 17.8. The maximum atomic E-state index is 5.66. The van der Waals surface area contributed by atoms with E-state index < -0.39 is 0 Å². The van der Waals surface area contributed by atoms with Crippen LogP contribution >= 0.6 is 0 Å². The molecule has 1 spiro atoms. The summed E-state index contributed by atoms with van der Waals surface area (Å²) in [6.07, 6.45) is 7.98. The molecule has 1 aromatic carbocycles. The molecule has 2 aliphatic heterocycles. The summed E-state index contributed by atoms with van der Waals surface area (Å²) in [7, 11) is 0. The zero-order valence-electron chi connectivity index (χ0n) is 15.4. The van der Waals surface area contributed by atoms with Gasteiger partial charge >= 0.3 is 0 Å². The van der Waals surface area contributed by atoms with Crippen LogP contribution < -0.4 is 5.32 Å². The largest absolute Gasteiger partial charge is 0.381 e. The van der Waals surface area contributed by atoms with Crippen LogP contribution in [0, 0.1) is 5.41 Å². The summed E-state index contributed by atoms with van der Waals surface area (Å²) in [6.45, 7) is 7.55. The van der Waals surface area contributed by atoms with Gasteiger partial charge in [-0.15, -0.1) is 0 Å². The fraction of sp³-hybridized carbons (Fsp3) is 0.500. The van der Waals surface area contributed by atoms with Gasteiger partial charge < -0.3 is 19.5 Å². The van der Waals surface area contributed by atoms with Gasteiger partial charge in [0.1, 0.15) is 0 Å². The molecule has 2 fully saturated rings. The lowest BCUT2D eigenvalue weighted by atomic mass is 9.87. The number of nitrogens with zero attached hydrogens (tertiary/aromatic N) is 4. The molecule has 2 saturated heterocycles. The number of nitrogens with one attached hydrogen (secondary N) is 1. The molecule has 1 aromatic heterocycles. The molecule has 6 nitrogen and oxygen atoms in total. The molecule has 1 unspecified atom stereocenters. The third kappa shape index (κ3) is 3.46. The molecule has 3 heterocycles. The van der Waals surface area contributed by atoms with Crippen LogP contribution in [0.3, 0.4) is 0 Å². The van der Waals surface area contributed by atoms with Gasteiger partial charge in [0, 0.05) is 44.0 Å². The average Bonchev–Trinajstić information content (AvgIpc) is 3.43. The molecule has 1 N–H and O–H groups in total. The fourth-order valence-electron chi connectivity index (χ4n) is 3.97. The summed E-state index contributed by atoms with van der Waals surface area (Å²) in [5.74, 6) is 1.01. The number of imidazole rings is 1. The van der Waals surface area contributed by atoms with Crippen LogP contribution in [0.4, 0.5) is 0 Å². The fourth-order valence-corrected chi connectivity index (χ4v) is 3.97. The lowest BCUT2D eigenvalue weighted by Crippen LogP contribution is -2.41. The predicted molar refractivity (Wildman–Crippen MR) is 102 cm³/mol. The van der Waals surface area contributed by atoms with Gasteiger partial charge in [0.2, 0.25) is 0 Å². The summed E-state index contributed by atoms with van der Waals surface area (Å²) >= 11 is 0. The van der Waals surface area contributed by atoms with Gasteiger partial charge in [-0.1, -0.05) is 18.2 Å². The standard InChI is InChI=1S/C20H27N5O/c1-2-22-19(24-10-7-20(14-24)8-12-26-15-20)23-13-17-5-3-4-6-18(17)25-11-9-21-16-25/h3-6,9,11,16H,2,7-8,10,12-15H2,1H3,(H,22,23). The van der Waals surface area contributed by atoms with Gasteiger partial charge in [-0.2, -0.15) is 0 Å². The Labute approximate surface area is 154 Å². The van der Waals surface area contributed by atoms with Crippen molar-refractivity contribution < 1.29 is 4.74 Å². The first-order valence-corrected chi connectivity index (χ1v) is 9.47. The minimum atomic E-state index is 0.338. The second-order valence-corrected chi connectivity index (χ2v) is 7.24. The number of hydrogen-bond acceptors (Lipinski definition) is 3. The summed E-state index contributed by atoms with van der Waals surface area (Å²) in [5.41, 5.74) is 2.66. The Hall–Kier alpha value is -2.34. The molecule has 0 aliphatic carbocycles. The van der Waals surface area contributed by atoms with Gasteiger partial charge in [0.05, 0.1) is 25.2 Å². The number of ether oxygens (including phenoxy) is 1. The van der Waals surface area contributed by atoms with Crippen LogP contribution in [0.25, 0.3) is 5.69 Å². The molecular weight excluding hydrogens is 326 g/mol.